The Labute approximate surface area is 148 Å². The molecule has 3 rings (SSSR count). The summed E-state index contributed by atoms with van der Waals surface area (Å²) in [4.78, 5) is 6.81. The monoisotopic (exact) mass is 346 g/mol. The van der Waals surface area contributed by atoms with Gasteiger partial charge >= 0.3 is 0 Å². The predicted molar refractivity (Wildman–Crippen MR) is 97.7 cm³/mol. The van der Waals surface area contributed by atoms with Gasteiger partial charge in [0.2, 0.25) is 0 Å². The number of likely N-dealkylation sites (tertiary alicyclic amines) is 1. The number of benzene rings is 1. The lowest BCUT2D eigenvalue weighted by Gasteiger charge is -2.38. The zero-order valence-corrected chi connectivity index (χ0v) is 15.5. The maximum Gasteiger partial charge on any atom is 0.119 e. The van der Waals surface area contributed by atoms with Crippen LogP contribution in [-0.4, -0.2) is 40.3 Å². The second-order valence-electron chi connectivity index (χ2n) is 6.93. The smallest absolute Gasteiger partial charge is 0.119 e. The van der Waals surface area contributed by atoms with Gasteiger partial charge in [-0.2, -0.15) is 0 Å². The summed E-state index contributed by atoms with van der Waals surface area (Å²) in [5, 5.41) is 14.1. The summed E-state index contributed by atoms with van der Waals surface area (Å²) >= 11 is 1.68. The second kappa shape index (κ2) is 7.21. The van der Waals surface area contributed by atoms with Gasteiger partial charge in [-0.1, -0.05) is 6.07 Å². The normalized spacial score (nSPS) is 21.8. The Morgan fingerprint density at radius 1 is 1.29 bits per heavy atom. The van der Waals surface area contributed by atoms with E-state index in [2.05, 4.69) is 35.2 Å². The van der Waals surface area contributed by atoms with Crippen LogP contribution in [0.25, 0.3) is 0 Å². The number of rotatable bonds is 5. The van der Waals surface area contributed by atoms with Crippen LogP contribution in [-0.2, 0) is 6.54 Å². The molecule has 2 aromatic rings. The number of aromatic nitrogens is 1. The number of ether oxygens (including phenoxy) is 1. The van der Waals surface area contributed by atoms with Crippen LogP contribution in [0.4, 0.5) is 0 Å². The summed E-state index contributed by atoms with van der Waals surface area (Å²) in [5.41, 5.74) is 2.77. The number of aliphatic hydroxyl groups is 1. The van der Waals surface area contributed by atoms with E-state index in [1.807, 2.05) is 19.1 Å². The van der Waals surface area contributed by atoms with E-state index in [1.54, 1.807) is 11.3 Å². The first-order chi connectivity index (χ1) is 11.4. The first-order valence-corrected chi connectivity index (χ1v) is 9.37. The first-order valence-electron chi connectivity index (χ1n) is 8.49. The molecule has 0 bridgehead atoms. The third-order valence-electron chi connectivity index (χ3n) is 4.67. The number of β-amino-alcohol motifs (C(OH)–C–C–N with tert-alkyl or cyclic N) is 1. The second-order valence-corrected chi connectivity index (χ2v) is 7.99. The molecule has 130 valence electrons. The number of aryl methyl sites for hydroxylation is 3. The number of thiazole rings is 1. The van der Waals surface area contributed by atoms with E-state index in [-0.39, 0.29) is 0 Å². The van der Waals surface area contributed by atoms with Crippen molar-refractivity contribution in [3.05, 3.63) is 45.4 Å². The van der Waals surface area contributed by atoms with Crippen molar-refractivity contribution in [1.82, 2.24) is 9.88 Å². The quantitative estimate of drug-likeness (QED) is 0.900. The third-order valence-corrected chi connectivity index (χ3v) is 5.49. The summed E-state index contributed by atoms with van der Waals surface area (Å²) in [6.07, 6.45) is 1.76. The summed E-state index contributed by atoms with van der Waals surface area (Å²) in [5.74, 6) is 0.832. The van der Waals surface area contributed by atoms with Crippen molar-refractivity contribution < 1.29 is 9.84 Å². The molecule has 24 heavy (non-hydrogen) atoms. The van der Waals surface area contributed by atoms with Crippen molar-refractivity contribution in [3.8, 4) is 5.75 Å². The molecule has 1 unspecified atom stereocenters. The summed E-state index contributed by atoms with van der Waals surface area (Å²) in [6.45, 7) is 8.97. The molecule has 2 heterocycles. The molecule has 1 atom stereocenters. The first kappa shape index (κ1) is 17.4. The molecule has 1 aliphatic rings. The van der Waals surface area contributed by atoms with E-state index in [4.69, 9.17) is 4.74 Å². The van der Waals surface area contributed by atoms with Gasteiger partial charge in [0.25, 0.3) is 0 Å². The van der Waals surface area contributed by atoms with Crippen LogP contribution in [0.5, 0.6) is 5.75 Å². The lowest BCUT2D eigenvalue weighted by atomic mass is 9.93. The molecule has 0 saturated carbocycles. The maximum absolute atomic E-state index is 10.9. The highest BCUT2D eigenvalue weighted by molar-refractivity contribution is 7.09. The molecule has 4 nitrogen and oxygen atoms in total. The highest BCUT2D eigenvalue weighted by atomic mass is 32.1. The third kappa shape index (κ3) is 4.35. The van der Waals surface area contributed by atoms with Crippen molar-refractivity contribution in [1.29, 1.82) is 0 Å². The van der Waals surface area contributed by atoms with Crippen molar-refractivity contribution >= 4 is 11.3 Å². The van der Waals surface area contributed by atoms with Gasteiger partial charge in [-0.3, -0.25) is 4.90 Å². The highest BCUT2D eigenvalue weighted by Gasteiger charge is 2.34. The Morgan fingerprint density at radius 3 is 2.83 bits per heavy atom. The minimum atomic E-state index is -0.790. The van der Waals surface area contributed by atoms with E-state index >= 15 is 0 Å². The number of hydrogen-bond acceptors (Lipinski definition) is 5. The lowest BCUT2D eigenvalue weighted by molar-refractivity contribution is -0.0623. The molecule has 0 aliphatic carbocycles. The largest absolute Gasteiger partial charge is 0.491 e. The fourth-order valence-corrected chi connectivity index (χ4v) is 3.79. The van der Waals surface area contributed by atoms with Gasteiger partial charge in [-0.15, -0.1) is 11.3 Å². The lowest BCUT2D eigenvalue weighted by Crippen LogP contribution is -2.51. The minimum absolute atomic E-state index is 0.335. The van der Waals surface area contributed by atoms with Crippen molar-refractivity contribution in [2.45, 2.75) is 45.8 Å². The number of hydrogen-bond donors (Lipinski definition) is 1. The van der Waals surface area contributed by atoms with Crippen molar-refractivity contribution in [2.75, 3.05) is 19.7 Å². The Balaban J connectivity index is 1.58. The van der Waals surface area contributed by atoms with Gasteiger partial charge in [0.15, 0.2) is 0 Å². The summed E-state index contributed by atoms with van der Waals surface area (Å²) in [6, 6.07) is 6.08. The number of piperidine rings is 1. The molecule has 1 fully saturated rings. The Kier molecular flexibility index (Phi) is 5.23. The fraction of sp³-hybridized carbons (Fsp3) is 0.526. The maximum atomic E-state index is 10.9. The van der Waals surface area contributed by atoms with Crippen LogP contribution in [0.2, 0.25) is 0 Å². The van der Waals surface area contributed by atoms with E-state index in [9.17, 15) is 5.11 Å². The Bertz CT molecular complexity index is 700. The van der Waals surface area contributed by atoms with E-state index in [0.717, 1.165) is 42.4 Å². The van der Waals surface area contributed by atoms with E-state index < -0.39 is 5.60 Å². The number of nitrogens with zero attached hydrogens (tertiary/aromatic N) is 2. The molecule has 1 aromatic heterocycles. The van der Waals surface area contributed by atoms with Gasteiger partial charge in [-0.25, -0.2) is 4.98 Å². The average molecular weight is 346 g/mol. The Hall–Kier alpha value is -1.43. The van der Waals surface area contributed by atoms with Crippen LogP contribution in [0.1, 0.15) is 34.7 Å². The minimum Gasteiger partial charge on any atom is -0.491 e. The average Bonchev–Trinajstić information content (AvgIpc) is 2.94. The standard InChI is InChI=1S/C19H26N2O2S/c1-14-5-6-18(9-15(14)2)23-13-19(22)7-4-8-21(12-19)10-17-11-24-16(3)20-17/h5-6,9,11,22H,4,7-8,10,12-13H2,1-3H3. The predicted octanol–water partition coefficient (Wildman–Crippen LogP) is 3.47. The van der Waals surface area contributed by atoms with Crippen molar-refractivity contribution in [3.63, 3.8) is 0 Å². The van der Waals surface area contributed by atoms with Gasteiger partial charge < -0.3 is 9.84 Å². The van der Waals surface area contributed by atoms with Gasteiger partial charge in [0, 0.05) is 18.5 Å². The summed E-state index contributed by atoms with van der Waals surface area (Å²) < 4.78 is 5.90. The SMILES string of the molecule is Cc1nc(CN2CCCC(O)(COc3ccc(C)c(C)c3)C2)cs1. The molecule has 1 aliphatic heterocycles. The molecule has 0 spiro atoms. The molecule has 0 amide bonds. The molecule has 0 radical (unpaired) electrons. The topological polar surface area (TPSA) is 45.6 Å². The van der Waals surface area contributed by atoms with Gasteiger partial charge in [0.05, 0.1) is 10.7 Å². The van der Waals surface area contributed by atoms with Crippen LogP contribution in [0.3, 0.4) is 0 Å². The molecule has 1 saturated heterocycles. The highest BCUT2D eigenvalue weighted by Crippen LogP contribution is 2.25. The summed E-state index contributed by atoms with van der Waals surface area (Å²) in [7, 11) is 0. The molecular weight excluding hydrogens is 320 g/mol. The van der Waals surface area contributed by atoms with Crippen LogP contribution in [0.15, 0.2) is 23.6 Å². The van der Waals surface area contributed by atoms with Crippen LogP contribution >= 0.6 is 11.3 Å². The molecule has 1 aromatic carbocycles. The van der Waals surface area contributed by atoms with Crippen LogP contribution < -0.4 is 4.74 Å². The zero-order chi connectivity index (χ0) is 17.2. The van der Waals surface area contributed by atoms with E-state index in [1.165, 1.54) is 11.1 Å². The van der Waals surface area contributed by atoms with Crippen LogP contribution in [0, 0.1) is 20.8 Å². The molecule has 1 N–H and O–H groups in total. The van der Waals surface area contributed by atoms with E-state index in [0.29, 0.717) is 13.2 Å². The zero-order valence-electron chi connectivity index (χ0n) is 14.7. The molecule has 5 heteroatoms. The van der Waals surface area contributed by atoms with Crippen molar-refractivity contribution in [2.24, 2.45) is 0 Å². The fourth-order valence-electron chi connectivity index (χ4n) is 3.19. The Morgan fingerprint density at radius 2 is 2.12 bits per heavy atom. The molecular formula is C19H26N2O2S. The van der Waals surface area contributed by atoms with Gasteiger partial charge in [0.1, 0.15) is 18.0 Å². The van der Waals surface area contributed by atoms with Gasteiger partial charge in [-0.05, 0) is 63.4 Å².